The molecular weight excluding hydrogens is 380 g/mol. The van der Waals surface area contributed by atoms with Crippen molar-refractivity contribution < 1.29 is 5.11 Å². The Balaban J connectivity index is 1.34. The summed E-state index contributed by atoms with van der Waals surface area (Å²) >= 11 is 0. The molecule has 1 unspecified atom stereocenters. The van der Waals surface area contributed by atoms with Crippen molar-refractivity contribution in [2.75, 3.05) is 24.5 Å². The van der Waals surface area contributed by atoms with Gasteiger partial charge in [0.1, 0.15) is 11.4 Å². The molecule has 0 amide bonds. The number of phenols is 1. The first-order chi connectivity index (χ1) is 14.8. The Morgan fingerprint density at radius 3 is 2.67 bits per heavy atom. The summed E-state index contributed by atoms with van der Waals surface area (Å²) in [5, 5.41) is 29.3. The highest BCUT2D eigenvalue weighted by Gasteiger charge is 2.23. The van der Waals surface area contributed by atoms with Crippen LogP contribution >= 0.6 is 0 Å². The van der Waals surface area contributed by atoms with Crippen molar-refractivity contribution in [2.24, 2.45) is 0 Å². The molecule has 0 aliphatic carbocycles. The Morgan fingerprint density at radius 2 is 1.93 bits per heavy atom. The number of phenolic OH excluding ortho intramolecular Hbond substituents is 1. The van der Waals surface area contributed by atoms with E-state index in [4.69, 9.17) is 0 Å². The first-order valence-electron chi connectivity index (χ1n) is 9.68. The molecule has 1 saturated heterocycles. The predicted octanol–water partition coefficient (Wildman–Crippen LogP) is 2.18. The number of hydrogen-bond acceptors (Lipinski definition) is 8. The summed E-state index contributed by atoms with van der Waals surface area (Å²) in [7, 11) is 0. The van der Waals surface area contributed by atoms with Gasteiger partial charge in [0.25, 0.3) is 0 Å². The Hall–Kier alpha value is -3.85. The van der Waals surface area contributed by atoms with E-state index >= 15 is 0 Å². The number of anilines is 1. The van der Waals surface area contributed by atoms with Gasteiger partial charge in [0.05, 0.1) is 18.4 Å². The molecule has 9 nitrogen and oxygen atoms in total. The number of benzene rings is 1. The highest BCUT2D eigenvalue weighted by atomic mass is 16.3. The molecule has 1 atom stereocenters. The highest BCUT2D eigenvalue weighted by Crippen LogP contribution is 2.32. The van der Waals surface area contributed by atoms with Crippen molar-refractivity contribution in [3.8, 4) is 28.1 Å². The molecule has 4 heterocycles. The number of aromatic nitrogens is 6. The Labute approximate surface area is 172 Å². The largest absolute Gasteiger partial charge is 0.507 e. The zero-order valence-corrected chi connectivity index (χ0v) is 16.1. The van der Waals surface area contributed by atoms with Gasteiger partial charge in [0, 0.05) is 49.4 Å². The maximum Gasteiger partial charge on any atom is 0.245 e. The van der Waals surface area contributed by atoms with E-state index in [1.807, 2.05) is 24.3 Å². The summed E-state index contributed by atoms with van der Waals surface area (Å²) in [6.45, 7) is 2.37. The summed E-state index contributed by atoms with van der Waals surface area (Å²) in [6, 6.07) is 9.62. The maximum atomic E-state index is 10.5. The molecule has 3 aromatic heterocycles. The van der Waals surface area contributed by atoms with Gasteiger partial charge >= 0.3 is 0 Å². The average Bonchev–Trinajstić information content (AvgIpc) is 3.35. The van der Waals surface area contributed by atoms with Crippen molar-refractivity contribution in [1.82, 2.24) is 35.7 Å². The van der Waals surface area contributed by atoms with Gasteiger partial charge in [-0.1, -0.05) is 6.07 Å². The van der Waals surface area contributed by atoms with Crippen LogP contribution in [0.5, 0.6) is 5.75 Å². The quantitative estimate of drug-likeness (QED) is 0.477. The van der Waals surface area contributed by atoms with Gasteiger partial charge in [-0.2, -0.15) is 5.10 Å². The first-order valence-corrected chi connectivity index (χ1v) is 9.68. The van der Waals surface area contributed by atoms with Crippen LogP contribution in [0.2, 0.25) is 0 Å². The summed E-state index contributed by atoms with van der Waals surface area (Å²) in [6.07, 6.45) is 8.73. The molecule has 0 spiro atoms. The fraction of sp³-hybridized carbons (Fsp3) is 0.190. The third-order valence-corrected chi connectivity index (χ3v) is 5.22. The lowest BCUT2D eigenvalue weighted by atomic mass is 10.0. The Morgan fingerprint density at radius 1 is 1.03 bits per heavy atom. The Kier molecular flexibility index (Phi) is 4.78. The lowest BCUT2D eigenvalue weighted by molar-refractivity contribution is 0.465. The maximum absolute atomic E-state index is 10.5. The lowest BCUT2D eigenvalue weighted by Crippen LogP contribution is -2.46. The van der Waals surface area contributed by atoms with Crippen LogP contribution in [-0.4, -0.2) is 55.1 Å². The molecule has 0 radical (unpaired) electrons. The van der Waals surface area contributed by atoms with Gasteiger partial charge in [-0.3, -0.25) is 10.1 Å². The van der Waals surface area contributed by atoms with E-state index in [0.29, 0.717) is 17.2 Å². The second kappa shape index (κ2) is 7.88. The minimum Gasteiger partial charge on any atom is -0.507 e. The highest BCUT2D eigenvalue weighted by molar-refractivity contribution is 5.73. The normalized spacial score (nSPS) is 16.5. The predicted molar refractivity (Wildman–Crippen MR) is 112 cm³/mol. The second-order valence-corrected chi connectivity index (χ2v) is 7.10. The minimum absolute atomic E-state index is 0.123. The molecule has 1 aromatic carbocycles. The third-order valence-electron chi connectivity index (χ3n) is 5.22. The van der Waals surface area contributed by atoms with Gasteiger partial charge in [0.15, 0.2) is 0 Å². The number of nitrogens with zero attached hydrogens (tertiary/aromatic N) is 6. The average molecular weight is 400 g/mol. The number of pyridine rings is 1. The number of rotatable bonds is 4. The summed E-state index contributed by atoms with van der Waals surface area (Å²) in [5.74, 6) is 0.700. The number of hydrogen-bond donors (Lipinski definition) is 3. The SMILES string of the molecule is Oc1cc(-c2cn[nH]c2)ccc1-c1cnc(N2CCNC(c3ccncc3)C2)nn1. The minimum atomic E-state index is 0.123. The van der Waals surface area contributed by atoms with E-state index in [9.17, 15) is 5.11 Å². The van der Waals surface area contributed by atoms with Crippen molar-refractivity contribution in [3.05, 3.63) is 66.9 Å². The molecule has 0 saturated carbocycles. The molecule has 0 bridgehead atoms. The molecule has 1 fully saturated rings. The van der Waals surface area contributed by atoms with E-state index in [0.717, 1.165) is 30.8 Å². The molecule has 9 heteroatoms. The van der Waals surface area contributed by atoms with E-state index in [1.165, 1.54) is 5.56 Å². The van der Waals surface area contributed by atoms with Gasteiger partial charge in [-0.25, -0.2) is 4.98 Å². The second-order valence-electron chi connectivity index (χ2n) is 7.10. The fourth-order valence-electron chi connectivity index (χ4n) is 3.62. The molecule has 4 aromatic rings. The van der Waals surface area contributed by atoms with Crippen molar-refractivity contribution >= 4 is 5.95 Å². The summed E-state index contributed by atoms with van der Waals surface area (Å²) in [4.78, 5) is 10.7. The molecule has 1 aliphatic rings. The van der Waals surface area contributed by atoms with Crippen LogP contribution in [0, 0.1) is 0 Å². The first kappa shape index (κ1) is 18.2. The number of aromatic amines is 1. The molecule has 150 valence electrons. The molecule has 1 aliphatic heterocycles. The number of aromatic hydroxyl groups is 1. The van der Waals surface area contributed by atoms with Crippen LogP contribution in [-0.2, 0) is 0 Å². The van der Waals surface area contributed by atoms with Crippen LogP contribution in [0.3, 0.4) is 0 Å². The molecular formula is C21H20N8O. The Bertz CT molecular complexity index is 1120. The molecule has 30 heavy (non-hydrogen) atoms. The topological polar surface area (TPSA) is 116 Å². The summed E-state index contributed by atoms with van der Waals surface area (Å²) < 4.78 is 0. The molecule has 3 N–H and O–H groups in total. The van der Waals surface area contributed by atoms with Crippen LogP contribution in [0.4, 0.5) is 5.95 Å². The number of nitrogens with one attached hydrogen (secondary N) is 2. The number of piperazine rings is 1. The van der Waals surface area contributed by atoms with Crippen molar-refractivity contribution in [3.63, 3.8) is 0 Å². The van der Waals surface area contributed by atoms with Crippen molar-refractivity contribution in [2.45, 2.75) is 6.04 Å². The van der Waals surface area contributed by atoms with E-state index < -0.39 is 0 Å². The zero-order chi connectivity index (χ0) is 20.3. The molecule has 5 rings (SSSR count). The number of H-pyrrole nitrogens is 1. The van der Waals surface area contributed by atoms with Gasteiger partial charge < -0.3 is 15.3 Å². The van der Waals surface area contributed by atoms with Gasteiger partial charge in [-0.15, -0.1) is 10.2 Å². The van der Waals surface area contributed by atoms with E-state index in [-0.39, 0.29) is 11.8 Å². The smallest absolute Gasteiger partial charge is 0.245 e. The fourth-order valence-corrected chi connectivity index (χ4v) is 3.62. The van der Waals surface area contributed by atoms with E-state index in [1.54, 1.807) is 37.1 Å². The van der Waals surface area contributed by atoms with Crippen molar-refractivity contribution in [1.29, 1.82) is 0 Å². The van der Waals surface area contributed by atoms with Crippen LogP contribution in [0.25, 0.3) is 22.4 Å². The lowest BCUT2D eigenvalue weighted by Gasteiger charge is -2.33. The van der Waals surface area contributed by atoms with E-state index in [2.05, 4.69) is 40.6 Å². The standard InChI is InChI=1S/C21H20N8O/c30-20-9-15(16-10-25-26-11-16)1-2-17(20)18-12-24-21(28-27-18)29-8-7-23-19(13-29)14-3-5-22-6-4-14/h1-6,9-12,19,23,30H,7-8,13H2,(H,25,26). The zero-order valence-electron chi connectivity index (χ0n) is 16.1. The van der Waals surface area contributed by atoms with Crippen LogP contribution in [0.15, 0.2) is 61.3 Å². The van der Waals surface area contributed by atoms with Gasteiger partial charge in [0.2, 0.25) is 5.95 Å². The monoisotopic (exact) mass is 400 g/mol. The van der Waals surface area contributed by atoms with Gasteiger partial charge in [-0.05, 0) is 35.4 Å². The van der Waals surface area contributed by atoms with Crippen LogP contribution in [0.1, 0.15) is 11.6 Å². The van der Waals surface area contributed by atoms with Crippen LogP contribution < -0.4 is 10.2 Å². The summed E-state index contributed by atoms with van der Waals surface area (Å²) in [5.41, 5.74) is 4.06. The third kappa shape index (κ3) is 3.58.